The number of aryl methyl sites for hydroxylation is 1. The Morgan fingerprint density at radius 3 is 2.59 bits per heavy atom. The van der Waals surface area contributed by atoms with Crippen LogP contribution in [0.25, 0.3) is 11.3 Å². The maximum absolute atomic E-state index is 13.1. The number of fused-ring (bicyclic) bond motifs is 1. The third-order valence-electron chi connectivity index (χ3n) is 6.15. The molecule has 0 saturated carbocycles. The van der Waals surface area contributed by atoms with Crippen molar-refractivity contribution in [2.75, 3.05) is 22.9 Å². The van der Waals surface area contributed by atoms with Crippen LogP contribution in [-0.2, 0) is 13.0 Å². The zero-order valence-corrected chi connectivity index (χ0v) is 19.6. The maximum Gasteiger partial charge on any atom is 0.255 e. The molecule has 2 aromatic heterocycles. The number of rotatable bonds is 6. The highest BCUT2D eigenvalue weighted by Gasteiger charge is 2.24. The molecule has 1 aliphatic rings. The van der Waals surface area contributed by atoms with Crippen molar-refractivity contribution in [1.29, 1.82) is 0 Å². The van der Waals surface area contributed by atoms with Crippen molar-refractivity contribution in [3.05, 3.63) is 88.8 Å². The summed E-state index contributed by atoms with van der Waals surface area (Å²) in [6, 6.07) is 21.9. The minimum absolute atomic E-state index is 0.0413. The lowest BCUT2D eigenvalue weighted by atomic mass is 10.1. The molecule has 0 fully saturated rings. The molecule has 2 aromatic carbocycles. The highest BCUT2D eigenvalue weighted by molar-refractivity contribution is 5.65. The van der Waals surface area contributed by atoms with E-state index >= 15 is 0 Å². The number of hydrogen-bond acceptors (Lipinski definition) is 6. The fraction of sp³-hybridized carbons (Fsp3) is 0.259. The van der Waals surface area contributed by atoms with E-state index in [4.69, 9.17) is 9.97 Å². The predicted molar refractivity (Wildman–Crippen MR) is 136 cm³/mol. The molecule has 0 aliphatic carbocycles. The second-order valence-corrected chi connectivity index (χ2v) is 8.29. The lowest BCUT2D eigenvalue weighted by molar-refractivity contribution is 0.561. The van der Waals surface area contributed by atoms with Gasteiger partial charge in [0.25, 0.3) is 5.56 Å². The lowest BCUT2D eigenvalue weighted by Crippen LogP contribution is -2.36. The number of aromatic nitrogens is 4. The maximum atomic E-state index is 13.1. The summed E-state index contributed by atoms with van der Waals surface area (Å²) in [5.74, 6) is 1.99. The first kappa shape index (κ1) is 21.8. The van der Waals surface area contributed by atoms with E-state index in [1.54, 1.807) is 16.8 Å². The third kappa shape index (κ3) is 4.17. The van der Waals surface area contributed by atoms with Gasteiger partial charge in [-0.05, 0) is 49.6 Å². The van der Waals surface area contributed by atoms with E-state index in [0.29, 0.717) is 24.1 Å². The van der Waals surface area contributed by atoms with Crippen LogP contribution in [0.2, 0.25) is 0 Å². The van der Waals surface area contributed by atoms with Gasteiger partial charge in [0.15, 0.2) is 0 Å². The topological polar surface area (TPSA) is 67.2 Å². The van der Waals surface area contributed by atoms with Crippen LogP contribution < -0.4 is 15.4 Å². The second-order valence-electron chi connectivity index (χ2n) is 8.29. The molecule has 4 aromatic rings. The van der Waals surface area contributed by atoms with Gasteiger partial charge in [0.2, 0.25) is 11.9 Å². The van der Waals surface area contributed by atoms with E-state index in [9.17, 15) is 4.79 Å². The van der Waals surface area contributed by atoms with Crippen LogP contribution in [0.15, 0.2) is 77.7 Å². The van der Waals surface area contributed by atoms with Gasteiger partial charge in [0.05, 0.1) is 5.69 Å². The molecule has 34 heavy (non-hydrogen) atoms. The minimum atomic E-state index is -0.0413. The summed E-state index contributed by atoms with van der Waals surface area (Å²) in [5.41, 5.74) is 3.85. The highest BCUT2D eigenvalue weighted by atomic mass is 16.1. The first-order valence-electron chi connectivity index (χ1n) is 11.8. The number of para-hydroxylation sites is 1. The van der Waals surface area contributed by atoms with Crippen LogP contribution in [0.1, 0.15) is 25.8 Å². The van der Waals surface area contributed by atoms with Gasteiger partial charge < -0.3 is 4.90 Å². The van der Waals surface area contributed by atoms with Gasteiger partial charge >= 0.3 is 0 Å². The van der Waals surface area contributed by atoms with E-state index in [-0.39, 0.29) is 5.56 Å². The van der Waals surface area contributed by atoms with E-state index in [0.717, 1.165) is 43.0 Å². The molecule has 0 radical (unpaired) electrons. The van der Waals surface area contributed by atoms with Crippen molar-refractivity contribution < 1.29 is 0 Å². The Bertz CT molecular complexity index is 1350. The van der Waals surface area contributed by atoms with Crippen molar-refractivity contribution in [3.8, 4) is 11.3 Å². The Morgan fingerprint density at radius 2 is 1.79 bits per heavy atom. The van der Waals surface area contributed by atoms with E-state index in [1.807, 2.05) is 53.4 Å². The number of anilines is 4. The molecule has 0 unspecified atom stereocenters. The molecule has 7 nitrogen and oxygen atoms in total. The van der Waals surface area contributed by atoms with Crippen LogP contribution in [0, 0.1) is 0 Å². The van der Waals surface area contributed by atoms with E-state index in [1.165, 1.54) is 5.56 Å². The number of hydrogen-bond donors (Lipinski definition) is 0. The van der Waals surface area contributed by atoms with Gasteiger partial charge in [-0.25, -0.2) is 9.97 Å². The van der Waals surface area contributed by atoms with Crippen LogP contribution in [0.5, 0.6) is 0 Å². The van der Waals surface area contributed by atoms with Crippen molar-refractivity contribution in [2.45, 2.75) is 33.2 Å². The first-order chi connectivity index (χ1) is 16.7. The first-order valence-corrected chi connectivity index (χ1v) is 11.8. The molecule has 0 bridgehead atoms. The summed E-state index contributed by atoms with van der Waals surface area (Å²) < 4.78 is 1.74. The molecule has 5 rings (SSSR count). The molecular weight excluding hydrogens is 424 g/mol. The smallest absolute Gasteiger partial charge is 0.255 e. The van der Waals surface area contributed by atoms with Crippen LogP contribution >= 0.6 is 0 Å². The Hall–Kier alpha value is -4.00. The quantitative estimate of drug-likeness (QED) is 0.412. The zero-order chi connectivity index (χ0) is 23.5. The second kappa shape index (κ2) is 9.47. The number of nitrogens with zero attached hydrogens (tertiary/aromatic N) is 6. The summed E-state index contributed by atoms with van der Waals surface area (Å²) in [6.45, 7) is 6.32. The molecular formula is C27H28N6O. The average molecular weight is 453 g/mol. The molecule has 1 aliphatic heterocycles. The zero-order valence-electron chi connectivity index (χ0n) is 19.6. The van der Waals surface area contributed by atoms with Crippen LogP contribution in [-0.4, -0.2) is 32.6 Å². The normalized spacial score (nSPS) is 12.9. The highest BCUT2D eigenvalue weighted by Crippen LogP contribution is 2.30. The lowest BCUT2D eigenvalue weighted by Gasteiger charge is -2.31. The summed E-state index contributed by atoms with van der Waals surface area (Å²) in [4.78, 5) is 31.5. The SMILES string of the molecule is CCc1cccc(-c2cc(=O)n3c(n2)N(c2ccnc(N(CC)c4ccccc4)n2)CCC3)c1. The molecule has 0 saturated heterocycles. The molecule has 0 atom stereocenters. The Balaban J connectivity index is 1.57. The molecule has 0 amide bonds. The summed E-state index contributed by atoms with van der Waals surface area (Å²) >= 11 is 0. The third-order valence-corrected chi connectivity index (χ3v) is 6.15. The minimum Gasteiger partial charge on any atom is -0.311 e. The fourth-order valence-corrected chi connectivity index (χ4v) is 4.38. The van der Waals surface area contributed by atoms with Gasteiger partial charge in [-0.15, -0.1) is 0 Å². The average Bonchev–Trinajstić information content (AvgIpc) is 2.89. The Kier molecular flexibility index (Phi) is 6.08. The van der Waals surface area contributed by atoms with E-state index in [2.05, 4.69) is 35.9 Å². The monoisotopic (exact) mass is 452 g/mol. The molecule has 0 spiro atoms. The van der Waals surface area contributed by atoms with Gasteiger partial charge in [-0.1, -0.05) is 43.3 Å². The standard InChI is InChI=1S/C27H28N6O/c1-3-20-10-8-11-21(18-20)23-19-25(34)33-17-9-16-32(27(33)29-23)24-14-15-28-26(30-24)31(4-2)22-12-6-5-7-13-22/h5-8,10-15,18-19H,3-4,9,16-17H2,1-2H3. The Morgan fingerprint density at radius 1 is 0.941 bits per heavy atom. The van der Waals surface area contributed by atoms with E-state index < -0.39 is 0 Å². The Labute approximate surface area is 199 Å². The summed E-state index contributed by atoms with van der Waals surface area (Å²) in [7, 11) is 0. The molecule has 3 heterocycles. The molecule has 0 N–H and O–H groups in total. The summed E-state index contributed by atoms with van der Waals surface area (Å²) in [6.07, 6.45) is 3.55. The fourth-order valence-electron chi connectivity index (χ4n) is 4.38. The predicted octanol–water partition coefficient (Wildman–Crippen LogP) is 4.96. The number of benzene rings is 2. The molecule has 7 heteroatoms. The van der Waals surface area contributed by atoms with Crippen LogP contribution in [0.4, 0.5) is 23.4 Å². The van der Waals surface area contributed by atoms with Crippen LogP contribution in [0.3, 0.4) is 0 Å². The van der Waals surface area contributed by atoms with Gasteiger partial charge in [0.1, 0.15) is 5.82 Å². The van der Waals surface area contributed by atoms with Crippen molar-refractivity contribution in [1.82, 2.24) is 19.5 Å². The van der Waals surface area contributed by atoms with Gasteiger partial charge in [0, 0.05) is 43.1 Å². The van der Waals surface area contributed by atoms with Crippen molar-refractivity contribution in [3.63, 3.8) is 0 Å². The summed E-state index contributed by atoms with van der Waals surface area (Å²) in [5, 5.41) is 0. The van der Waals surface area contributed by atoms with Gasteiger partial charge in [-0.2, -0.15) is 4.98 Å². The van der Waals surface area contributed by atoms with Crippen molar-refractivity contribution >= 4 is 23.4 Å². The largest absolute Gasteiger partial charge is 0.311 e. The molecule has 172 valence electrons. The van der Waals surface area contributed by atoms with Gasteiger partial charge in [-0.3, -0.25) is 14.3 Å². The van der Waals surface area contributed by atoms with Crippen molar-refractivity contribution in [2.24, 2.45) is 0 Å².